The number of benzene rings is 1. The first-order chi connectivity index (χ1) is 15.4. The Bertz CT molecular complexity index is 1180. The van der Waals surface area contributed by atoms with Gasteiger partial charge in [-0.2, -0.15) is 0 Å². The molecule has 3 aromatic rings. The zero-order chi connectivity index (χ0) is 22.8. The van der Waals surface area contributed by atoms with Crippen molar-refractivity contribution in [1.82, 2.24) is 20.1 Å². The molecule has 1 fully saturated rings. The van der Waals surface area contributed by atoms with Gasteiger partial charge in [0.05, 0.1) is 5.69 Å². The summed E-state index contributed by atoms with van der Waals surface area (Å²) >= 11 is 0. The lowest BCUT2D eigenvalue weighted by Crippen LogP contribution is -2.26. The quantitative estimate of drug-likeness (QED) is 0.355. The van der Waals surface area contributed by atoms with E-state index in [2.05, 4.69) is 28.7 Å². The summed E-state index contributed by atoms with van der Waals surface area (Å²) < 4.78 is 5.62. The third kappa shape index (κ3) is 4.28. The number of para-hydroxylation sites is 1. The van der Waals surface area contributed by atoms with Gasteiger partial charge in [-0.15, -0.1) is 10.2 Å². The first kappa shape index (κ1) is 21.7. The van der Waals surface area contributed by atoms with Crippen LogP contribution >= 0.6 is 0 Å². The Morgan fingerprint density at radius 1 is 1.31 bits per heavy atom. The highest BCUT2D eigenvalue weighted by atomic mass is 16.5. The highest BCUT2D eigenvalue weighted by molar-refractivity contribution is 5.88. The molecule has 0 aliphatic carbocycles. The van der Waals surface area contributed by atoms with Crippen molar-refractivity contribution in [3.05, 3.63) is 54.2 Å². The molecule has 166 valence electrons. The largest absolute Gasteiger partial charge is 0.426 e. The van der Waals surface area contributed by atoms with E-state index >= 15 is 0 Å². The Balaban J connectivity index is 1.64. The van der Waals surface area contributed by atoms with Gasteiger partial charge in [-0.1, -0.05) is 32.6 Å². The molecule has 0 saturated carbocycles. The van der Waals surface area contributed by atoms with Crippen LogP contribution in [0.15, 0.2) is 43.0 Å². The van der Waals surface area contributed by atoms with Crippen LogP contribution < -0.4 is 4.74 Å². The Kier molecular flexibility index (Phi) is 6.08. The molecule has 2 aromatic heterocycles. The minimum atomic E-state index is -0.263. The van der Waals surface area contributed by atoms with Gasteiger partial charge in [0.25, 0.3) is 0 Å². The average Bonchev–Trinajstić information content (AvgIpc) is 3.38. The molecular weight excluding hydrogens is 404 g/mol. The molecule has 1 amide bonds. The molecule has 0 radical (unpaired) electrons. The van der Waals surface area contributed by atoms with E-state index in [1.54, 1.807) is 6.07 Å². The summed E-state index contributed by atoms with van der Waals surface area (Å²) in [4.78, 5) is 29.4. The second-order valence-electron chi connectivity index (χ2n) is 8.70. The third-order valence-corrected chi connectivity index (χ3v) is 5.90. The highest BCUT2D eigenvalue weighted by Crippen LogP contribution is 2.35. The van der Waals surface area contributed by atoms with Crippen molar-refractivity contribution in [3.63, 3.8) is 0 Å². The van der Waals surface area contributed by atoms with E-state index in [1.165, 1.54) is 6.08 Å². The molecule has 4 rings (SSSR count). The van der Waals surface area contributed by atoms with E-state index in [-0.39, 0.29) is 23.7 Å². The Morgan fingerprint density at radius 2 is 2.09 bits per heavy atom. The van der Waals surface area contributed by atoms with Crippen LogP contribution in [0.1, 0.15) is 43.9 Å². The predicted molar refractivity (Wildman–Crippen MR) is 123 cm³/mol. The molecule has 32 heavy (non-hydrogen) atoms. The molecular formula is C25H28N4O3. The molecule has 0 spiro atoms. The summed E-state index contributed by atoms with van der Waals surface area (Å²) in [5.74, 6) is 0.629. The van der Waals surface area contributed by atoms with E-state index < -0.39 is 0 Å². The van der Waals surface area contributed by atoms with E-state index in [0.717, 1.165) is 35.2 Å². The summed E-state index contributed by atoms with van der Waals surface area (Å²) in [5.41, 5.74) is 4.27. The molecule has 1 unspecified atom stereocenters. The van der Waals surface area contributed by atoms with Crippen molar-refractivity contribution < 1.29 is 14.3 Å². The van der Waals surface area contributed by atoms with Crippen LogP contribution in [0, 0.1) is 12.8 Å². The number of nitrogens with one attached hydrogen (secondary N) is 1. The van der Waals surface area contributed by atoms with Crippen molar-refractivity contribution in [2.75, 3.05) is 13.1 Å². The molecule has 1 saturated heterocycles. The number of H-pyrrole nitrogens is 1. The first-order valence-corrected chi connectivity index (χ1v) is 10.9. The number of carbonyl (C=O) groups excluding carboxylic acids is 2. The number of carbonyl (C=O) groups is 2. The number of hydrogen-bond donors (Lipinski definition) is 1. The molecule has 7 nitrogen and oxygen atoms in total. The number of aromatic nitrogens is 3. The van der Waals surface area contributed by atoms with E-state index in [0.29, 0.717) is 30.1 Å². The molecule has 1 aliphatic heterocycles. The first-order valence-electron chi connectivity index (χ1n) is 10.9. The zero-order valence-corrected chi connectivity index (χ0v) is 18.7. The predicted octanol–water partition coefficient (Wildman–Crippen LogP) is 4.39. The van der Waals surface area contributed by atoms with Gasteiger partial charge in [0, 0.05) is 42.1 Å². The fourth-order valence-electron chi connectivity index (χ4n) is 4.27. The topological polar surface area (TPSA) is 88.2 Å². The van der Waals surface area contributed by atoms with Gasteiger partial charge in [-0.25, -0.2) is 0 Å². The van der Waals surface area contributed by atoms with Gasteiger partial charge in [-0.3, -0.25) is 9.59 Å². The van der Waals surface area contributed by atoms with Crippen LogP contribution in [0.25, 0.3) is 22.3 Å². The van der Waals surface area contributed by atoms with E-state index in [1.807, 2.05) is 43.0 Å². The molecule has 1 aromatic carbocycles. The van der Waals surface area contributed by atoms with Crippen molar-refractivity contribution in [2.45, 2.75) is 39.5 Å². The van der Waals surface area contributed by atoms with Gasteiger partial charge in [0.15, 0.2) is 5.65 Å². The minimum Gasteiger partial charge on any atom is -0.426 e. The van der Waals surface area contributed by atoms with Crippen LogP contribution in [-0.2, 0) is 9.59 Å². The molecule has 0 bridgehead atoms. The smallest absolute Gasteiger partial charge is 0.311 e. The summed E-state index contributed by atoms with van der Waals surface area (Å²) in [6.07, 6.45) is 2.61. The standard InChI is InChI=1S/C25H28N4O3/c1-5-22(30)29-11-10-17(14-29)24-16(4)19-13-20(27-28-25(19)26-24)18-8-6-7-9-21(18)32-23(31)12-15(2)3/h5-9,13,15,17H,1,10-12,14H2,2-4H3,(H,26,28). The maximum absolute atomic E-state index is 12.2. The Morgan fingerprint density at radius 3 is 2.84 bits per heavy atom. The normalized spacial score (nSPS) is 16.0. The molecule has 1 aliphatic rings. The SMILES string of the molecule is C=CC(=O)N1CCC(c2[nH]c3nnc(-c4ccccc4OC(=O)CC(C)C)cc3c2C)C1. The lowest BCUT2D eigenvalue weighted by molar-refractivity contribution is -0.135. The molecule has 1 N–H and O–H groups in total. The van der Waals surface area contributed by atoms with Crippen molar-refractivity contribution in [2.24, 2.45) is 5.92 Å². The number of aryl methyl sites for hydroxylation is 1. The number of fused-ring (bicyclic) bond motifs is 1. The van der Waals surface area contributed by atoms with Crippen LogP contribution in [0.4, 0.5) is 0 Å². The lowest BCUT2D eigenvalue weighted by atomic mass is 10.00. The van der Waals surface area contributed by atoms with Crippen molar-refractivity contribution in [1.29, 1.82) is 0 Å². The highest BCUT2D eigenvalue weighted by Gasteiger charge is 2.29. The maximum Gasteiger partial charge on any atom is 0.311 e. The lowest BCUT2D eigenvalue weighted by Gasteiger charge is -2.14. The van der Waals surface area contributed by atoms with Gasteiger partial charge < -0.3 is 14.6 Å². The fourth-order valence-corrected chi connectivity index (χ4v) is 4.27. The number of aromatic amines is 1. The minimum absolute atomic E-state index is 0.0352. The summed E-state index contributed by atoms with van der Waals surface area (Å²) in [6.45, 7) is 11.0. The van der Waals surface area contributed by atoms with Crippen LogP contribution in [0.5, 0.6) is 5.75 Å². The van der Waals surface area contributed by atoms with Crippen LogP contribution in [0.2, 0.25) is 0 Å². The van der Waals surface area contributed by atoms with Gasteiger partial charge >= 0.3 is 5.97 Å². The number of esters is 1. The van der Waals surface area contributed by atoms with Gasteiger partial charge in [0.2, 0.25) is 5.91 Å². The molecule has 1 atom stereocenters. The monoisotopic (exact) mass is 432 g/mol. The van der Waals surface area contributed by atoms with E-state index in [9.17, 15) is 9.59 Å². The second kappa shape index (κ2) is 8.94. The fraction of sp³-hybridized carbons (Fsp3) is 0.360. The van der Waals surface area contributed by atoms with Crippen molar-refractivity contribution in [3.8, 4) is 17.0 Å². The number of hydrogen-bond acceptors (Lipinski definition) is 5. The third-order valence-electron chi connectivity index (χ3n) is 5.90. The number of ether oxygens (including phenoxy) is 1. The Hall–Kier alpha value is -3.48. The second-order valence-corrected chi connectivity index (χ2v) is 8.70. The number of nitrogens with zero attached hydrogens (tertiary/aromatic N) is 3. The Labute approximate surface area is 187 Å². The summed E-state index contributed by atoms with van der Waals surface area (Å²) in [7, 11) is 0. The summed E-state index contributed by atoms with van der Waals surface area (Å²) in [6, 6.07) is 9.36. The summed E-state index contributed by atoms with van der Waals surface area (Å²) in [5, 5.41) is 9.77. The maximum atomic E-state index is 12.2. The number of rotatable bonds is 6. The number of amides is 1. The van der Waals surface area contributed by atoms with Crippen LogP contribution in [-0.4, -0.2) is 45.0 Å². The zero-order valence-electron chi connectivity index (χ0n) is 18.7. The number of likely N-dealkylation sites (tertiary alicyclic amines) is 1. The van der Waals surface area contributed by atoms with Crippen LogP contribution in [0.3, 0.4) is 0 Å². The van der Waals surface area contributed by atoms with E-state index in [4.69, 9.17) is 4.74 Å². The molecule has 3 heterocycles. The average molecular weight is 433 g/mol. The van der Waals surface area contributed by atoms with Gasteiger partial charge in [-0.05, 0) is 49.1 Å². The van der Waals surface area contributed by atoms with Gasteiger partial charge in [0.1, 0.15) is 5.75 Å². The van der Waals surface area contributed by atoms with Crippen molar-refractivity contribution >= 4 is 22.9 Å². The molecule has 7 heteroatoms.